The Morgan fingerprint density at radius 1 is 0.659 bits per heavy atom. The van der Waals surface area contributed by atoms with E-state index < -0.39 is 0 Å². The summed E-state index contributed by atoms with van der Waals surface area (Å²) in [5.74, 6) is 0.620. The molecule has 6 aromatic carbocycles. The number of fused-ring (bicyclic) bond motifs is 2. The van der Waals surface area contributed by atoms with E-state index in [0.717, 1.165) is 56.6 Å². The lowest BCUT2D eigenvalue weighted by atomic mass is 9.96. The molecule has 0 amide bonds. The first-order valence-corrected chi connectivity index (χ1v) is 15.1. The van der Waals surface area contributed by atoms with Crippen molar-refractivity contribution < 1.29 is 4.42 Å². The molecule has 0 fully saturated rings. The van der Waals surface area contributed by atoms with Crippen LogP contribution in [0, 0.1) is 0 Å². The van der Waals surface area contributed by atoms with Crippen LogP contribution in [0.25, 0.3) is 72.4 Å². The molecule has 1 aromatic heterocycles. The van der Waals surface area contributed by atoms with Crippen molar-refractivity contribution in [1.82, 2.24) is 4.98 Å². The van der Waals surface area contributed by atoms with E-state index in [0.29, 0.717) is 5.89 Å². The van der Waals surface area contributed by atoms with Gasteiger partial charge in [0.25, 0.3) is 0 Å². The molecule has 0 atom stereocenters. The second-order valence-corrected chi connectivity index (χ2v) is 10.8. The molecular weight excluding hydrogens is 536 g/mol. The first-order chi connectivity index (χ1) is 21.7. The monoisotopic (exact) mass is 568 g/mol. The summed E-state index contributed by atoms with van der Waals surface area (Å²) in [7, 11) is 0. The van der Waals surface area contributed by atoms with Crippen LogP contribution in [0.15, 0.2) is 149 Å². The van der Waals surface area contributed by atoms with E-state index in [4.69, 9.17) is 9.40 Å². The SMILES string of the molecule is CC=N/C(=C\CC)c1cccc(-c2ccc(-c3nc4cc(-c5ccc(-c6cccc7ccccc67)cc5)ccc4o3)cc2)c1. The highest BCUT2D eigenvalue weighted by Gasteiger charge is 2.11. The van der Waals surface area contributed by atoms with Gasteiger partial charge in [-0.15, -0.1) is 0 Å². The molecule has 7 rings (SSSR count). The summed E-state index contributed by atoms with van der Waals surface area (Å²) in [5.41, 5.74) is 11.7. The first kappa shape index (κ1) is 27.3. The Morgan fingerprint density at radius 2 is 1.32 bits per heavy atom. The maximum absolute atomic E-state index is 6.18. The first-order valence-electron chi connectivity index (χ1n) is 15.1. The average molecular weight is 569 g/mol. The Balaban J connectivity index is 1.13. The van der Waals surface area contributed by atoms with Crippen molar-refractivity contribution >= 4 is 33.8 Å². The van der Waals surface area contributed by atoms with Crippen LogP contribution in [-0.2, 0) is 0 Å². The molecule has 0 radical (unpaired) electrons. The molecular formula is C41H32N2O. The van der Waals surface area contributed by atoms with Crippen LogP contribution in [0.1, 0.15) is 25.8 Å². The number of rotatable bonds is 7. The molecule has 0 bridgehead atoms. The molecule has 0 saturated heterocycles. The number of allylic oxidation sites excluding steroid dienone is 1. The summed E-state index contributed by atoms with van der Waals surface area (Å²) < 4.78 is 6.18. The Hall–Kier alpha value is -5.54. The predicted octanol–water partition coefficient (Wildman–Crippen LogP) is 11.5. The highest BCUT2D eigenvalue weighted by atomic mass is 16.3. The molecule has 212 valence electrons. The minimum Gasteiger partial charge on any atom is -0.436 e. The van der Waals surface area contributed by atoms with Gasteiger partial charge >= 0.3 is 0 Å². The fraction of sp³-hybridized carbons (Fsp3) is 0.0732. The number of hydrogen-bond donors (Lipinski definition) is 0. The molecule has 0 unspecified atom stereocenters. The molecule has 1 heterocycles. The molecule has 44 heavy (non-hydrogen) atoms. The van der Waals surface area contributed by atoms with Crippen molar-refractivity contribution in [3.63, 3.8) is 0 Å². The number of aromatic nitrogens is 1. The Morgan fingerprint density at radius 3 is 2.09 bits per heavy atom. The highest BCUT2D eigenvalue weighted by molar-refractivity contribution is 5.97. The van der Waals surface area contributed by atoms with E-state index in [1.807, 2.05) is 19.2 Å². The van der Waals surface area contributed by atoms with E-state index in [-0.39, 0.29) is 0 Å². The summed E-state index contributed by atoms with van der Waals surface area (Å²) in [4.78, 5) is 9.42. The third-order valence-electron chi connectivity index (χ3n) is 8.00. The van der Waals surface area contributed by atoms with E-state index in [1.165, 1.54) is 21.9 Å². The van der Waals surface area contributed by atoms with Gasteiger partial charge in [-0.3, -0.25) is 4.99 Å². The zero-order valence-corrected chi connectivity index (χ0v) is 24.9. The van der Waals surface area contributed by atoms with Gasteiger partial charge in [0.05, 0.1) is 5.70 Å². The van der Waals surface area contributed by atoms with E-state index >= 15 is 0 Å². The van der Waals surface area contributed by atoms with Crippen molar-refractivity contribution in [3.05, 3.63) is 145 Å². The molecule has 0 aliphatic heterocycles. The lowest BCUT2D eigenvalue weighted by molar-refractivity contribution is 0.620. The number of nitrogens with zero attached hydrogens (tertiary/aromatic N) is 2. The third-order valence-corrected chi connectivity index (χ3v) is 8.00. The molecule has 0 saturated carbocycles. The van der Waals surface area contributed by atoms with Crippen molar-refractivity contribution in [2.45, 2.75) is 20.3 Å². The number of benzene rings is 6. The predicted molar refractivity (Wildman–Crippen MR) is 186 cm³/mol. The fourth-order valence-electron chi connectivity index (χ4n) is 5.79. The molecule has 0 spiro atoms. The van der Waals surface area contributed by atoms with Crippen LogP contribution in [0.5, 0.6) is 0 Å². The smallest absolute Gasteiger partial charge is 0.227 e. The van der Waals surface area contributed by atoms with Gasteiger partial charge in [0.2, 0.25) is 5.89 Å². The van der Waals surface area contributed by atoms with E-state index in [1.54, 1.807) is 0 Å². The maximum Gasteiger partial charge on any atom is 0.227 e. The van der Waals surface area contributed by atoms with Crippen molar-refractivity contribution in [2.24, 2.45) is 4.99 Å². The Kier molecular flexibility index (Phi) is 7.44. The maximum atomic E-state index is 6.18. The standard InChI is InChI=1S/C41H32N2O/c1-3-9-38(42-4-2)35-13-7-12-33(26-35)28-18-22-32(23-19-28)41-43-39-27-34(24-25-40(39)44-41)29-16-20-31(21-17-29)37-15-8-11-30-10-5-6-14-36(30)37/h4-27H,3H2,1-2H3/b38-9-,42-4?. The summed E-state index contributed by atoms with van der Waals surface area (Å²) in [6, 6.07) is 46.9. The average Bonchev–Trinajstić information content (AvgIpc) is 3.52. The number of hydrogen-bond acceptors (Lipinski definition) is 3. The number of oxazole rings is 1. The summed E-state index contributed by atoms with van der Waals surface area (Å²) in [6.07, 6.45) is 4.94. The molecule has 7 aromatic rings. The normalized spacial score (nSPS) is 12.0. The molecule has 0 aliphatic rings. The highest BCUT2D eigenvalue weighted by Crippen LogP contribution is 2.33. The minimum atomic E-state index is 0.620. The molecule has 0 aliphatic carbocycles. The van der Waals surface area contributed by atoms with Crippen molar-refractivity contribution in [3.8, 4) is 44.8 Å². The van der Waals surface area contributed by atoms with Crippen LogP contribution < -0.4 is 0 Å². The van der Waals surface area contributed by atoms with Gasteiger partial charge in [0.1, 0.15) is 5.52 Å². The second kappa shape index (κ2) is 12.0. The summed E-state index contributed by atoms with van der Waals surface area (Å²) >= 11 is 0. The minimum absolute atomic E-state index is 0.620. The largest absolute Gasteiger partial charge is 0.436 e. The van der Waals surface area contributed by atoms with Gasteiger partial charge in [-0.2, -0.15) is 0 Å². The topological polar surface area (TPSA) is 38.4 Å². The number of aliphatic imine (C=N–C) groups is 1. The zero-order chi connectivity index (χ0) is 29.9. The van der Waals surface area contributed by atoms with Gasteiger partial charge < -0.3 is 4.42 Å². The van der Waals surface area contributed by atoms with Gasteiger partial charge in [-0.05, 0) is 87.8 Å². The molecule has 0 N–H and O–H groups in total. The molecule has 3 nitrogen and oxygen atoms in total. The van der Waals surface area contributed by atoms with Crippen LogP contribution >= 0.6 is 0 Å². The van der Waals surface area contributed by atoms with Crippen LogP contribution in [0.2, 0.25) is 0 Å². The fourth-order valence-corrected chi connectivity index (χ4v) is 5.79. The van der Waals surface area contributed by atoms with Crippen molar-refractivity contribution in [1.29, 1.82) is 0 Å². The van der Waals surface area contributed by atoms with Gasteiger partial charge in [0, 0.05) is 17.3 Å². The van der Waals surface area contributed by atoms with Crippen LogP contribution in [-0.4, -0.2) is 11.2 Å². The lowest BCUT2D eigenvalue weighted by Crippen LogP contribution is -1.85. The quantitative estimate of drug-likeness (QED) is 0.179. The lowest BCUT2D eigenvalue weighted by Gasteiger charge is -2.08. The molecule has 3 heteroatoms. The van der Waals surface area contributed by atoms with Gasteiger partial charge in [0.15, 0.2) is 5.58 Å². The van der Waals surface area contributed by atoms with Crippen molar-refractivity contribution in [2.75, 3.05) is 0 Å². The summed E-state index contributed by atoms with van der Waals surface area (Å²) in [5, 5.41) is 2.52. The summed E-state index contributed by atoms with van der Waals surface area (Å²) in [6.45, 7) is 4.08. The van der Waals surface area contributed by atoms with E-state index in [9.17, 15) is 0 Å². The van der Waals surface area contributed by atoms with Gasteiger partial charge in [-0.1, -0.05) is 116 Å². The zero-order valence-electron chi connectivity index (χ0n) is 24.9. The van der Waals surface area contributed by atoms with Gasteiger partial charge in [-0.25, -0.2) is 4.98 Å². The van der Waals surface area contributed by atoms with E-state index in [2.05, 4.69) is 145 Å². The Bertz CT molecular complexity index is 2140. The van der Waals surface area contributed by atoms with Crippen LogP contribution in [0.3, 0.4) is 0 Å². The van der Waals surface area contributed by atoms with Crippen LogP contribution in [0.4, 0.5) is 0 Å². The second-order valence-electron chi connectivity index (χ2n) is 10.8. The third kappa shape index (κ3) is 5.36. The Labute approximate surface area is 257 Å².